The molecule has 4 rings (SSSR count). The first-order valence-corrected chi connectivity index (χ1v) is 8.33. The zero-order chi connectivity index (χ0) is 19.5. The molecule has 2 aromatic carbocycles. The number of aromatic nitrogens is 4. The highest BCUT2D eigenvalue weighted by Gasteiger charge is 2.13. The van der Waals surface area contributed by atoms with E-state index in [1.807, 2.05) is 12.1 Å². The molecule has 0 aliphatic carbocycles. The van der Waals surface area contributed by atoms with E-state index < -0.39 is 5.82 Å². The van der Waals surface area contributed by atoms with E-state index in [1.54, 1.807) is 30.3 Å². The van der Waals surface area contributed by atoms with Crippen molar-refractivity contribution < 1.29 is 9.13 Å². The smallest absolute Gasteiger partial charge is 0.323 e. The van der Waals surface area contributed by atoms with Gasteiger partial charge in [-0.25, -0.2) is 14.4 Å². The second kappa shape index (κ2) is 7.28. The maximum atomic E-state index is 14.8. The largest absolute Gasteiger partial charge is 0.424 e. The predicted octanol–water partition coefficient (Wildman–Crippen LogP) is 3.70. The molecule has 4 aromatic rings. The molecular weight excluding hydrogens is 359 g/mol. The molecule has 0 saturated heterocycles. The van der Waals surface area contributed by atoms with Crippen LogP contribution in [0, 0.1) is 5.82 Å². The van der Waals surface area contributed by atoms with Crippen molar-refractivity contribution in [1.82, 2.24) is 19.9 Å². The standard InChI is InChI=1S/C20H15FN6O/c21-15-9-12(5-6-14(15)16-10-26-19(23)11-25-16)13-3-1-2-4-17(13)28-20-24-8-7-18(22)27-20/h1-11H,(H2,23,26)(H2,22,24,27). The summed E-state index contributed by atoms with van der Waals surface area (Å²) in [5.74, 6) is 0.609. The summed E-state index contributed by atoms with van der Waals surface area (Å²) in [6.07, 6.45) is 4.32. The molecule has 138 valence electrons. The average molecular weight is 374 g/mol. The Hall–Kier alpha value is -4.07. The zero-order valence-electron chi connectivity index (χ0n) is 14.6. The molecule has 0 fully saturated rings. The number of para-hydroxylation sites is 1. The first-order valence-electron chi connectivity index (χ1n) is 8.33. The van der Waals surface area contributed by atoms with Crippen LogP contribution in [0.25, 0.3) is 22.4 Å². The number of halogens is 1. The van der Waals surface area contributed by atoms with Crippen LogP contribution in [-0.4, -0.2) is 19.9 Å². The normalized spacial score (nSPS) is 10.6. The van der Waals surface area contributed by atoms with Crippen molar-refractivity contribution in [3.05, 3.63) is 72.9 Å². The third kappa shape index (κ3) is 3.56. The highest BCUT2D eigenvalue weighted by molar-refractivity contribution is 5.73. The fourth-order valence-electron chi connectivity index (χ4n) is 2.66. The maximum absolute atomic E-state index is 14.8. The summed E-state index contributed by atoms with van der Waals surface area (Å²) in [6.45, 7) is 0. The average Bonchev–Trinajstić information content (AvgIpc) is 2.69. The van der Waals surface area contributed by atoms with Crippen LogP contribution < -0.4 is 16.2 Å². The maximum Gasteiger partial charge on any atom is 0.323 e. The molecule has 0 amide bonds. The van der Waals surface area contributed by atoms with E-state index in [2.05, 4.69) is 19.9 Å². The Morgan fingerprint density at radius 3 is 2.43 bits per heavy atom. The number of hydrogen-bond donors (Lipinski definition) is 2. The second-order valence-electron chi connectivity index (χ2n) is 5.88. The Kier molecular flexibility index (Phi) is 4.51. The van der Waals surface area contributed by atoms with Gasteiger partial charge in [0.25, 0.3) is 0 Å². The second-order valence-corrected chi connectivity index (χ2v) is 5.88. The van der Waals surface area contributed by atoms with Crippen LogP contribution in [0.3, 0.4) is 0 Å². The van der Waals surface area contributed by atoms with Crippen LogP contribution >= 0.6 is 0 Å². The summed E-state index contributed by atoms with van der Waals surface area (Å²) in [6, 6.07) is 13.7. The van der Waals surface area contributed by atoms with E-state index in [4.69, 9.17) is 16.2 Å². The molecule has 2 heterocycles. The van der Waals surface area contributed by atoms with Crippen molar-refractivity contribution in [2.24, 2.45) is 0 Å². The molecule has 4 N–H and O–H groups in total. The minimum Gasteiger partial charge on any atom is -0.424 e. The van der Waals surface area contributed by atoms with Crippen LogP contribution in [0.4, 0.5) is 16.0 Å². The van der Waals surface area contributed by atoms with Gasteiger partial charge in [-0.05, 0) is 29.8 Å². The molecule has 7 nitrogen and oxygen atoms in total. The number of nitrogens with zero attached hydrogens (tertiary/aromatic N) is 4. The van der Waals surface area contributed by atoms with Crippen LogP contribution in [0.15, 0.2) is 67.1 Å². The number of ether oxygens (including phenoxy) is 1. The predicted molar refractivity (Wildman–Crippen MR) is 104 cm³/mol. The molecule has 28 heavy (non-hydrogen) atoms. The van der Waals surface area contributed by atoms with Crippen molar-refractivity contribution in [2.75, 3.05) is 11.5 Å². The third-order valence-corrected chi connectivity index (χ3v) is 3.97. The number of rotatable bonds is 4. The molecule has 8 heteroatoms. The quantitative estimate of drug-likeness (QED) is 0.560. The van der Waals surface area contributed by atoms with Gasteiger partial charge in [-0.1, -0.05) is 24.3 Å². The first-order chi connectivity index (χ1) is 13.6. The lowest BCUT2D eigenvalue weighted by molar-refractivity contribution is 0.444. The van der Waals surface area contributed by atoms with Crippen LogP contribution in [0.5, 0.6) is 11.8 Å². The number of nitrogen functional groups attached to an aromatic ring is 2. The molecular formula is C20H15FN6O. The lowest BCUT2D eigenvalue weighted by Crippen LogP contribution is -1.97. The van der Waals surface area contributed by atoms with Gasteiger partial charge in [0.15, 0.2) is 0 Å². The third-order valence-electron chi connectivity index (χ3n) is 3.97. The van der Waals surface area contributed by atoms with Crippen LogP contribution in [0.1, 0.15) is 0 Å². The molecule has 0 unspecified atom stereocenters. The number of anilines is 2. The topological polar surface area (TPSA) is 113 Å². The Morgan fingerprint density at radius 1 is 0.821 bits per heavy atom. The van der Waals surface area contributed by atoms with Crippen molar-refractivity contribution in [1.29, 1.82) is 0 Å². The number of nitrogens with two attached hydrogens (primary N) is 2. The van der Waals surface area contributed by atoms with E-state index in [-0.39, 0.29) is 11.8 Å². The number of hydrogen-bond acceptors (Lipinski definition) is 7. The van der Waals surface area contributed by atoms with Crippen molar-refractivity contribution >= 4 is 11.6 Å². The molecule has 2 aromatic heterocycles. The summed E-state index contributed by atoms with van der Waals surface area (Å²) in [5, 5.41) is 0. The summed E-state index contributed by atoms with van der Waals surface area (Å²) in [4.78, 5) is 16.1. The van der Waals surface area contributed by atoms with Crippen molar-refractivity contribution in [2.45, 2.75) is 0 Å². The molecule has 0 saturated carbocycles. The summed E-state index contributed by atoms with van der Waals surface area (Å²) < 4.78 is 20.5. The van der Waals surface area contributed by atoms with Gasteiger partial charge in [0.05, 0.1) is 18.1 Å². The summed E-state index contributed by atoms with van der Waals surface area (Å²) in [7, 11) is 0. The van der Waals surface area contributed by atoms with Crippen molar-refractivity contribution in [3.8, 4) is 34.1 Å². The van der Waals surface area contributed by atoms with Gasteiger partial charge in [-0.15, -0.1) is 0 Å². The fourth-order valence-corrected chi connectivity index (χ4v) is 2.66. The molecule has 0 radical (unpaired) electrons. The van der Waals surface area contributed by atoms with E-state index in [9.17, 15) is 4.39 Å². The monoisotopic (exact) mass is 374 g/mol. The molecule has 0 aliphatic rings. The fraction of sp³-hybridized carbons (Fsp3) is 0. The molecule has 0 bridgehead atoms. The SMILES string of the molecule is Nc1cnc(-c2ccc(-c3ccccc3Oc3nccc(N)n3)cc2F)cn1. The van der Waals surface area contributed by atoms with Gasteiger partial charge in [0.1, 0.15) is 23.2 Å². The minimum absolute atomic E-state index is 0.113. The van der Waals surface area contributed by atoms with Gasteiger partial charge in [0.2, 0.25) is 0 Å². The van der Waals surface area contributed by atoms with Gasteiger partial charge >= 0.3 is 6.01 Å². The van der Waals surface area contributed by atoms with Gasteiger partial charge in [-0.2, -0.15) is 4.98 Å². The lowest BCUT2D eigenvalue weighted by atomic mass is 10.0. The van der Waals surface area contributed by atoms with E-state index >= 15 is 0 Å². The van der Waals surface area contributed by atoms with Gasteiger partial charge < -0.3 is 16.2 Å². The molecule has 0 atom stereocenters. The number of benzene rings is 2. The molecule has 0 spiro atoms. The Bertz CT molecular complexity index is 1130. The highest BCUT2D eigenvalue weighted by Crippen LogP contribution is 2.34. The van der Waals surface area contributed by atoms with Crippen LogP contribution in [-0.2, 0) is 0 Å². The van der Waals surface area contributed by atoms with E-state index in [1.165, 1.54) is 24.7 Å². The van der Waals surface area contributed by atoms with E-state index in [0.29, 0.717) is 34.0 Å². The van der Waals surface area contributed by atoms with E-state index in [0.717, 1.165) is 0 Å². The Balaban J connectivity index is 1.70. The lowest BCUT2D eigenvalue weighted by Gasteiger charge is -2.11. The van der Waals surface area contributed by atoms with Gasteiger partial charge in [0, 0.05) is 17.3 Å². The van der Waals surface area contributed by atoms with Crippen molar-refractivity contribution in [3.63, 3.8) is 0 Å². The van der Waals surface area contributed by atoms with Crippen LogP contribution in [0.2, 0.25) is 0 Å². The van der Waals surface area contributed by atoms with Gasteiger partial charge in [-0.3, -0.25) is 4.98 Å². The zero-order valence-corrected chi connectivity index (χ0v) is 14.6. The molecule has 0 aliphatic heterocycles. The Morgan fingerprint density at radius 2 is 1.68 bits per heavy atom. The summed E-state index contributed by atoms with van der Waals surface area (Å²) >= 11 is 0. The summed E-state index contributed by atoms with van der Waals surface area (Å²) in [5.41, 5.74) is 13.2. The minimum atomic E-state index is -0.438. The first kappa shape index (κ1) is 17.3. The Labute approximate surface area is 159 Å². The highest BCUT2D eigenvalue weighted by atomic mass is 19.1.